The van der Waals surface area contributed by atoms with Crippen LogP contribution in [0.5, 0.6) is 0 Å². The molecule has 0 saturated heterocycles. The van der Waals surface area contributed by atoms with E-state index in [9.17, 15) is 4.79 Å². The highest BCUT2D eigenvalue weighted by Crippen LogP contribution is 2.23. The second-order valence-corrected chi connectivity index (χ2v) is 7.55. The van der Waals surface area contributed by atoms with Crippen LogP contribution in [-0.4, -0.2) is 12.1 Å². The summed E-state index contributed by atoms with van der Waals surface area (Å²) in [6, 6.07) is 23.0. The molecule has 0 unspecified atom stereocenters. The predicted molar refractivity (Wildman–Crippen MR) is 110 cm³/mol. The standard InChI is InChI=1S/C25H26O2/c26-25(27-24-9-5-2-6-10-24)23-16-15-21-17-20(13-14-22(21)18-23)12-11-19-7-3-1-4-8-19/h1,3-4,7-8,13-18,24H,2,5-6,9-12H2. The van der Waals surface area contributed by atoms with Crippen LogP contribution in [0.3, 0.4) is 0 Å². The largest absolute Gasteiger partial charge is 0.459 e. The van der Waals surface area contributed by atoms with Gasteiger partial charge in [-0.3, -0.25) is 0 Å². The molecule has 0 heterocycles. The quantitative estimate of drug-likeness (QED) is 0.514. The Labute approximate surface area is 161 Å². The fourth-order valence-corrected chi connectivity index (χ4v) is 3.91. The summed E-state index contributed by atoms with van der Waals surface area (Å²) < 4.78 is 5.70. The first-order chi connectivity index (χ1) is 13.3. The van der Waals surface area contributed by atoms with Crippen molar-refractivity contribution in [1.82, 2.24) is 0 Å². The molecule has 1 aliphatic rings. The molecule has 2 heteroatoms. The summed E-state index contributed by atoms with van der Waals surface area (Å²) in [5.74, 6) is -0.183. The van der Waals surface area contributed by atoms with Gasteiger partial charge in [-0.1, -0.05) is 61.0 Å². The maximum absolute atomic E-state index is 12.5. The monoisotopic (exact) mass is 358 g/mol. The van der Waals surface area contributed by atoms with E-state index in [2.05, 4.69) is 48.5 Å². The Balaban J connectivity index is 1.44. The Morgan fingerprint density at radius 3 is 2.30 bits per heavy atom. The van der Waals surface area contributed by atoms with E-state index in [1.807, 2.05) is 18.2 Å². The fraction of sp³-hybridized carbons (Fsp3) is 0.320. The molecule has 1 saturated carbocycles. The maximum Gasteiger partial charge on any atom is 0.338 e. The molecule has 1 fully saturated rings. The van der Waals surface area contributed by atoms with E-state index >= 15 is 0 Å². The first kappa shape index (κ1) is 17.8. The van der Waals surface area contributed by atoms with Gasteiger partial charge in [-0.15, -0.1) is 0 Å². The van der Waals surface area contributed by atoms with Gasteiger partial charge in [0.1, 0.15) is 6.10 Å². The molecule has 27 heavy (non-hydrogen) atoms. The van der Waals surface area contributed by atoms with E-state index in [1.54, 1.807) is 0 Å². The van der Waals surface area contributed by atoms with Gasteiger partial charge in [0, 0.05) is 0 Å². The predicted octanol–water partition coefficient (Wildman–Crippen LogP) is 6.11. The van der Waals surface area contributed by atoms with Gasteiger partial charge in [-0.25, -0.2) is 4.79 Å². The van der Waals surface area contributed by atoms with E-state index in [0.717, 1.165) is 31.1 Å². The third-order valence-corrected chi connectivity index (χ3v) is 5.51. The highest BCUT2D eigenvalue weighted by molar-refractivity contribution is 5.95. The minimum Gasteiger partial charge on any atom is -0.459 e. The van der Waals surface area contributed by atoms with Gasteiger partial charge in [0.15, 0.2) is 0 Å². The van der Waals surface area contributed by atoms with E-state index in [4.69, 9.17) is 4.74 Å². The van der Waals surface area contributed by atoms with Crippen molar-refractivity contribution in [1.29, 1.82) is 0 Å². The molecule has 0 aromatic heterocycles. The molecule has 1 aliphatic carbocycles. The lowest BCUT2D eigenvalue weighted by Crippen LogP contribution is -2.20. The molecule has 3 aromatic rings. The zero-order valence-corrected chi connectivity index (χ0v) is 15.7. The van der Waals surface area contributed by atoms with Crippen LogP contribution in [0.15, 0.2) is 66.7 Å². The van der Waals surface area contributed by atoms with Gasteiger partial charge in [0.05, 0.1) is 5.56 Å². The van der Waals surface area contributed by atoms with Crippen molar-refractivity contribution in [2.24, 2.45) is 0 Å². The highest BCUT2D eigenvalue weighted by Gasteiger charge is 2.18. The first-order valence-corrected chi connectivity index (χ1v) is 10.1. The van der Waals surface area contributed by atoms with Crippen molar-refractivity contribution in [3.8, 4) is 0 Å². The van der Waals surface area contributed by atoms with Gasteiger partial charge < -0.3 is 4.74 Å². The Morgan fingerprint density at radius 2 is 1.48 bits per heavy atom. The summed E-state index contributed by atoms with van der Waals surface area (Å²) in [7, 11) is 0. The highest BCUT2D eigenvalue weighted by atomic mass is 16.5. The van der Waals surface area contributed by atoms with Crippen molar-refractivity contribution in [2.75, 3.05) is 0 Å². The zero-order valence-electron chi connectivity index (χ0n) is 15.7. The number of fused-ring (bicyclic) bond motifs is 1. The van der Waals surface area contributed by atoms with Crippen molar-refractivity contribution >= 4 is 16.7 Å². The number of hydrogen-bond acceptors (Lipinski definition) is 2. The molecule has 0 atom stereocenters. The summed E-state index contributed by atoms with van der Waals surface area (Å²) in [6.07, 6.45) is 7.76. The average molecular weight is 358 g/mol. The number of carbonyl (C=O) groups excluding carboxylic acids is 1. The van der Waals surface area contributed by atoms with Crippen LogP contribution in [-0.2, 0) is 17.6 Å². The van der Waals surface area contributed by atoms with Crippen molar-refractivity contribution in [3.63, 3.8) is 0 Å². The number of esters is 1. The lowest BCUT2D eigenvalue weighted by atomic mass is 9.97. The van der Waals surface area contributed by atoms with E-state index < -0.39 is 0 Å². The number of benzene rings is 3. The van der Waals surface area contributed by atoms with Gasteiger partial charge in [0.25, 0.3) is 0 Å². The van der Waals surface area contributed by atoms with E-state index in [-0.39, 0.29) is 12.1 Å². The lowest BCUT2D eigenvalue weighted by molar-refractivity contribution is 0.0211. The zero-order chi connectivity index (χ0) is 18.5. The van der Waals surface area contributed by atoms with Gasteiger partial charge in [0.2, 0.25) is 0 Å². The smallest absolute Gasteiger partial charge is 0.338 e. The fourth-order valence-electron chi connectivity index (χ4n) is 3.91. The molecule has 0 radical (unpaired) electrons. The molecule has 0 bridgehead atoms. The number of carbonyl (C=O) groups is 1. The molecule has 4 rings (SSSR count). The number of aryl methyl sites for hydroxylation is 2. The molecule has 0 spiro atoms. The van der Waals surface area contributed by atoms with Crippen molar-refractivity contribution < 1.29 is 9.53 Å². The molecule has 0 amide bonds. The number of rotatable bonds is 5. The summed E-state index contributed by atoms with van der Waals surface area (Å²) in [6.45, 7) is 0. The van der Waals surface area contributed by atoms with Crippen LogP contribution in [0.4, 0.5) is 0 Å². The van der Waals surface area contributed by atoms with Crippen LogP contribution < -0.4 is 0 Å². The van der Waals surface area contributed by atoms with Crippen LogP contribution in [0.1, 0.15) is 53.6 Å². The topological polar surface area (TPSA) is 26.3 Å². The molecule has 0 N–H and O–H groups in total. The molecule has 138 valence electrons. The van der Waals surface area contributed by atoms with Crippen molar-refractivity contribution in [3.05, 3.63) is 83.4 Å². The van der Waals surface area contributed by atoms with Crippen molar-refractivity contribution in [2.45, 2.75) is 51.0 Å². The number of hydrogen-bond donors (Lipinski definition) is 0. The maximum atomic E-state index is 12.5. The van der Waals surface area contributed by atoms with Crippen LogP contribution in [0.25, 0.3) is 10.8 Å². The SMILES string of the molecule is O=C(OC1CCCCC1)c1ccc2cc(CCc3ccccc3)ccc2c1. The molecule has 0 aliphatic heterocycles. The average Bonchev–Trinajstić information content (AvgIpc) is 2.73. The summed E-state index contributed by atoms with van der Waals surface area (Å²) in [5, 5.41) is 2.27. The Bertz CT molecular complexity index is 908. The third-order valence-electron chi connectivity index (χ3n) is 5.51. The molecular weight excluding hydrogens is 332 g/mol. The van der Waals surface area contributed by atoms with Gasteiger partial charge >= 0.3 is 5.97 Å². The second-order valence-electron chi connectivity index (χ2n) is 7.55. The van der Waals surface area contributed by atoms with Crippen LogP contribution >= 0.6 is 0 Å². The third kappa shape index (κ3) is 4.57. The summed E-state index contributed by atoms with van der Waals surface area (Å²) >= 11 is 0. The molecular formula is C25H26O2. The summed E-state index contributed by atoms with van der Waals surface area (Å²) in [4.78, 5) is 12.5. The van der Waals surface area contributed by atoms with E-state index in [1.165, 1.54) is 35.8 Å². The lowest BCUT2D eigenvalue weighted by Gasteiger charge is -2.21. The Morgan fingerprint density at radius 1 is 0.778 bits per heavy atom. The molecule has 2 nitrogen and oxygen atoms in total. The Kier molecular flexibility index (Phi) is 5.53. The van der Waals surface area contributed by atoms with Crippen LogP contribution in [0.2, 0.25) is 0 Å². The Hall–Kier alpha value is -2.61. The normalized spacial score (nSPS) is 15.0. The minimum atomic E-state index is -0.183. The minimum absolute atomic E-state index is 0.0994. The second kappa shape index (κ2) is 8.39. The van der Waals surface area contributed by atoms with Gasteiger partial charge in [-0.05, 0) is 72.6 Å². The van der Waals surface area contributed by atoms with Crippen LogP contribution in [0, 0.1) is 0 Å². The van der Waals surface area contributed by atoms with Gasteiger partial charge in [-0.2, -0.15) is 0 Å². The number of ether oxygens (including phenoxy) is 1. The summed E-state index contributed by atoms with van der Waals surface area (Å²) in [5.41, 5.74) is 3.34. The molecule has 3 aromatic carbocycles. The first-order valence-electron chi connectivity index (χ1n) is 10.1. The van der Waals surface area contributed by atoms with E-state index in [0.29, 0.717) is 5.56 Å².